The van der Waals surface area contributed by atoms with E-state index in [0.29, 0.717) is 6.61 Å². The van der Waals surface area contributed by atoms with Gasteiger partial charge in [0, 0.05) is 17.4 Å². The molecule has 0 amide bonds. The van der Waals surface area contributed by atoms with Crippen molar-refractivity contribution >= 4 is 28.6 Å². The number of aromatic nitrogens is 3. The van der Waals surface area contributed by atoms with Gasteiger partial charge in [-0.3, -0.25) is 4.79 Å². The van der Waals surface area contributed by atoms with Crippen LogP contribution in [-0.2, 0) is 4.79 Å². The highest BCUT2D eigenvalue weighted by Crippen LogP contribution is 2.38. The summed E-state index contributed by atoms with van der Waals surface area (Å²) >= 11 is 1.47. The average Bonchev–Trinajstić information content (AvgIpc) is 3.16. The molecular weight excluding hydrogens is 394 g/mol. The number of rotatable bonds is 7. The number of carbonyl (C=O) groups is 1. The van der Waals surface area contributed by atoms with Crippen molar-refractivity contribution < 1.29 is 9.53 Å². The number of thioether (sulfide) groups is 1. The van der Waals surface area contributed by atoms with Crippen LogP contribution in [-0.4, -0.2) is 32.2 Å². The van der Waals surface area contributed by atoms with Gasteiger partial charge in [-0.25, -0.2) is 9.97 Å². The Morgan fingerprint density at radius 2 is 1.83 bits per heavy atom. The number of Topliss-reactive ketones (excluding diaryl/α,β-unsaturated/α-hetero) is 1. The predicted molar refractivity (Wildman–Crippen MR) is 121 cm³/mol. The summed E-state index contributed by atoms with van der Waals surface area (Å²) in [6.45, 7) is 6.12. The summed E-state index contributed by atoms with van der Waals surface area (Å²) in [7, 11) is 0. The third kappa shape index (κ3) is 3.96. The number of ketones is 1. The summed E-state index contributed by atoms with van der Waals surface area (Å²) in [5, 5.41) is 1.59. The van der Waals surface area contributed by atoms with Crippen LogP contribution in [0.15, 0.2) is 72.1 Å². The van der Waals surface area contributed by atoms with E-state index < -0.39 is 0 Å². The van der Waals surface area contributed by atoms with Crippen LogP contribution in [0.2, 0.25) is 0 Å². The number of hydrogen-bond acceptors (Lipinski definition) is 5. The molecule has 0 saturated heterocycles. The molecule has 0 aliphatic rings. The number of ether oxygens (including phenoxy) is 1. The first kappa shape index (κ1) is 20.2. The molecule has 0 N–H and O–H groups in total. The van der Waals surface area contributed by atoms with Gasteiger partial charge in [0.1, 0.15) is 28.5 Å². The SMILES string of the molecule is CCOc1ccc(-n2cc(-c3ccccc3)c3c(SC(C)C(C)=O)ncnc32)cc1. The number of fused-ring (bicyclic) bond motifs is 1. The quantitative estimate of drug-likeness (QED) is 0.291. The van der Waals surface area contributed by atoms with Crippen LogP contribution in [0.3, 0.4) is 0 Å². The molecule has 2 aromatic carbocycles. The van der Waals surface area contributed by atoms with Gasteiger partial charge in [-0.2, -0.15) is 0 Å². The van der Waals surface area contributed by atoms with Crippen molar-refractivity contribution in [1.29, 1.82) is 0 Å². The second-order valence-electron chi connectivity index (χ2n) is 6.95. The fourth-order valence-corrected chi connectivity index (χ4v) is 4.20. The van der Waals surface area contributed by atoms with Gasteiger partial charge in [-0.1, -0.05) is 42.1 Å². The van der Waals surface area contributed by atoms with Crippen molar-refractivity contribution in [2.24, 2.45) is 0 Å². The van der Waals surface area contributed by atoms with E-state index in [2.05, 4.69) is 32.9 Å². The first-order valence-electron chi connectivity index (χ1n) is 9.90. The zero-order chi connectivity index (χ0) is 21.1. The lowest BCUT2D eigenvalue weighted by molar-refractivity contribution is -0.116. The van der Waals surface area contributed by atoms with E-state index in [1.165, 1.54) is 11.8 Å². The standard InChI is InChI=1S/C24H23N3O2S/c1-4-29-20-12-10-19(11-13-20)27-14-21(18-8-6-5-7-9-18)22-23(27)25-15-26-24(22)30-17(3)16(2)28/h5-15,17H,4H2,1-3H3. The third-order valence-electron chi connectivity index (χ3n) is 4.92. The topological polar surface area (TPSA) is 57.0 Å². The lowest BCUT2D eigenvalue weighted by Gasteiger charge is -2.09. The number of carbonyl (C=O) groups excluding carboxylic acids is 1. The third-order valence-corrected chi connectivity index (χ3v) is 6.14. The monoisotopic (exact) mass is 417 g/mol. The molecule has 0 saturated carbocycles. The van der Waals surface area contributed by atoms with Crippen LogP contribution in [0.4, 0.5) is 0 Å². The van der Waals surface area contributed by atoms with E-state index >= 15 is 0 Å². The van der Waals surface area contributed by atoms with Crippen molar-refractivity contribution in [1.82, 2.24) is 14.5 Å². The van der Waals surface area contributed by atoms with E-state index in [0.717, 1.165) is 38.6 Å². The zero-order valence-electron chi connectivity index (χ0n) is 17.2. The fourth-order valence-electron chi connectivity index (χ4n) is 3.28. The Bertz CT molecular complexity index is 1170. The number of hydrogen-bond donors (Lipinski definition) is 0. The summed E-state index contributed by atoms with van der Waals surface area (Å²) < 4.78 is 7.64. The van der Waals surface area contributed by atoms with Crippen molar-refractivity contribution in [3.05, 3.63) is 67.1 Å². The van der Waals surface area contributed by atoms with E-state index in [-0.39, 0.29) is 11.0 Å². The zero-order valence-corrected chi connectivity index (χ0v) is 18.0. The Morgan fingerprint density at radius 3 is 2.50 bits per heavy atom. The molecule has 0 aliphatic carbocycles. The highest BCUT2D eigenvalue weighted by atomic mass is 32.2. The smallest absolute Gasteiger partial charge is 0.149 e. The van der Waals surface area contributed by atoms with Gasteiger partial charge in [0.05, 0.1) is 17.2 Å². The minimum Gasteiger partial charge on any atom is -0.494 e. The lowest BCUT2D eigenvalue weighted by atomic mass is 10.1. The van der Waals surface area contributed by atoms with E-state index in [1.54, 1.807) is 13.3 Å². The fraction of sp³-hybridized carbons (Fsp3) is 0.208. The number of nitrogens with zero attached hydrogens (tertiary/aromatic N) is 3. The number of benzene rings is 2. The van der Waals surface area contributed by atoms with Gasteiger partial charge in [0.15, 0.2) is 0 Å². The van der Waals surface area contributed by atoms with Crippen molar-refractivity contribution in [3.8, 4) is 22.6 Å². The molecule has 0 fully saturated rings. The second-order valence-corrected chi connectivity index (χ2v) is 8.28. The molecule has 5 nitrogen and oxygen atoms in total. The Labute approximate surface area is 180 Å². The van der Waals surface area contributed by atoms with E-state index in [9.17, 15) is 4.79 Å². The summed E-state index contributed by atoms with van der Waals surface area (Å²) in [6, 6.07) is 18.1. The van der Waals surface area contributed by atoms with Crippen LogP contribution in [0, 0.1) is 0 Å². The van der Waals surface area contributed by atoms with Crippen molar-refractivity contribution in [3.63, 3.8) is 0 Å². The largest absolute Gasteiger partial charge is 0.494 e. The predicted octanol–water partition coefficient (Wildman–Crippen LogP) is 5.56. The molecule has 0 aliphatic heterocycles. The minimum atomic E-state index is -0.180. The van der Waals surface area contributed by atoms with E-state index in [4.69, 9.17) is 4.74 Å². The molecule has 1 unspecified atom stereocenters. The Kier molecular flexibility index (Phi) is 5.86. The van der Waals surface area contributed by atoms with Crippen LogP contribution >= 0.6 is 11.8 Å². The Morgan fingerprint density at radius 1 is 1.10 bits per heavy atom. The summed E-state index contributed by atoms with van der Waals surface area (Å²) in [4.78, 5) is 21.0. The second kappa shape index (κ2) is 8.71. The van der Waals surface area contributed by atoms with E-state index in [1.807, 2.05) is 56.3 Å². The first-order chi connectivity index (χ1) is 14.6. The maximum Gasteiger partial charge on any atom is 0.149 e. The van der Waals surface area contributed by atoms with Gasteiger partial charge >= 0.3 is 0 Å². The van der Waals surface area contributed by atoms with Crippen LogP contribution in [0.1, 0.15) is 20.8 Å². The Balaban J connectivity index is 1.91. The summed E-state index contributed by atoms with van der Waals surface area (Å²) in [5.74, 6) is 0.959. The molecule has 30 heavy (non-hydrogen) atoms. The average molecular weight is 418 g/mol. The summed E-state index contributed by atoms with van der Waals surface area (Å²) in [5.41, 5.74) is 3.92. The van der Waals surface area contributed by atoms with Gasteiger partial charge < -0.3 is 9.30 Å². The molecule has 6 heteroatoms. The van der Waals surface area contributed by atoms with Crippen molar-refractivity contribution in [2.45, 2.75) is 31.0 Å². The highest BCUT2D eigenvalue weighted by Gasteiger charge is 2.20. The molecule has 2 aromatic heterocycles. The molecule has 4 aromatic rings. The molecule has 2 heterocycles. The van der Waals surface area contributed by atoms with Gasteiger partial charge in [0.25, 0.3) is 0 Å². The van der Waals surface area contributed by atoms with Gasteiger partial charge in [0.2, 0.25) is 0 Å². The molecule has 0 radical (unpaired) electrons. The maximum atomic E-state index is 11.9. The van der Waals surface area contributed by atoms with Crippen LogP contribution in [0.25, 0.3) is 27.8 Å². The molecule has 1 atom stereocenters. The molecule has 152 valence electrons. The van der Waals surface area contributed by atoms with Crippen molar-refractivity contribution in [2.75, 3.05) is 6.61 Å². The van der Waals surface area contributed by atoms with Crippen LogP contribution in [0.5, 0.6) is 5.75 Å². The van der Waals surface area contributed by atoms with Gasteiger partial charge in [-0.15, -0.1) is 0 Å². The molecular formula is C24H23N3O2S. The van der Waals surface area contributed by atoms with Gasteiger partial charge in [-0.05, 0) is 50.6 Å². The van der Waals surface area contributed by atoms with Crippen LogP contribution < -0.4 is 4.74 Å². The maximum absolute atomic E-state index is 11.9. The normalized spacial score (nSPS) is 12.1. The Hall–Kier alpha value is -3.12. The summed E-state index contributed by atoms with van der Waals surface area (Å²) in [6.07, 6.45) is 3.66. The molecule has 4 rings (SSSR count). The minimum absolute atomic E-state index is 0.124. The molecule has 0 spiro atoms. The lowest BCUT2D eigenvalue weighted by Crippen LogP contribution is -2.08. The first-order valence-corrected chi connectivity index (χ1v) is 10.8. The highest BCUT2D eigenvalue weighted by molar-refractivity contribution is 8.00. The molecule has 0 bridgehead atoms.